The Hall–Kier alpha value is -4.42. The highest BCUT2D eigenvalue weighted by molar-refractivity contribution is 6.05. The van der Waals surface area contributed by atoms with Crippen LogP contribution < -0.4 is 15.2 Å². The number of rotatable bonds is 17. The number of benzene rings is 2. The maximum absolute atomic E-state index is 13.3. The smallest absolute Gasteiger partial charge is 0.422 e. The van der Waals surface area contributed by atoms with Gasteiger partial charge in [-0.25, -0.2) is 4.79 Å². The van der Waals surface area contributed by atoms with E-state index >= 15 is 0 Å². The largest absolute Gasteiger partial charge is 0.488 e. The molecule has 1 aromatic heterocycles. The second-order valence-electron chi connectivity index (χ2n) is 12.9. The number of aryl methyl sites for hydroxylation is 1. The van der Waals surface area contributed by atoms with Gasteiger partial charge in [-0.1, -0.05) is 26.0 Å². The lowest BCUT2D eigenvalue weighted by Crippen LogP contribution is -2.45. The molecule has 49 heavy (non-hydrogen) atoms. The first-order chi connectivity index (χ1) is 23.0. The van der Waals surface area contributed by atoms with Gasteiger partial charge in [0.25, 0.3) is 5.91 Å². The molecule has 0 aliphatic rings. The van der Waals surface area contributed by atoms with Crippen molar-refractivity contribution in [2.45, 2.75) is 91.6 Å². The van der Waals surface area contributed by atoms with Crippen molar-refractivity contribution in [1.29, 1.82) is 0 Å². The number of alkyl halides is 3. The molecule has 13 heteroatoms. The fourth-order valence-corrected chi connectivity index (χ4v) is 5.42. The first kappa shape index (κ1) is 39.0. The minimum Gasteiger partial charge on any atom is -0.488 e. The molecule has 0 spiro atoms. The third kappa shape index (κ3) is 11.9. The zero-order valence-corrected chi connectivity index (χ0v) is 29.1. The van der Waals surface area contributed by atoms with Gasteiger partial charge in [0, 0.05) is 24.2 Å². The minimum atomic E-state index is -4.51. The summed E-state index contributed by atoms with van der Waals surface area (Å²) < 4.78 is 61.9. The molecule has 3 aromatic rings. The molecule has 0 saturated heterocycles. The van der Waals surface area contributed by atoms with E-state index in [2.05, 4.69) is 0 Å². The van der Waals surface area contributed by atoms with Crippen molar-refractivity contribution >= 4 is 28.9 Å². The summed E-state index contributed by atoms with van der Waals surface area (Å²) in [5, 5.41) is 0.787. The highest BCUT2D eigenvalue weighted by Crippen LogP contribution is 2.29. The van der Waals surface area contributed by atoms with Crippen LogP contribution >= 0.6 is 0 Å². The van der Waals surface area contributed by atoms with E-state index in [1.54, 1.807) is 32.9 Å². The summed E-state index contributed by atoms with van der Waals surface area (Å²) in [5.74, 6) is -0.891. The van der Waals surface area contributed by atoms with E-state index < -0.39 is 36.4 Å². The summed E-state index contributed by atoms with van der Waals surface area (Å²) in [7, 11) is 0. The van der Waals surface area contributed by atoms with E-state index in [-0.39, 0.29) is 43.1 Å². The topological polar surface area (TPSA) is 122 Å². The average molecular weight is 692 g/mol. The van der Waals surface area contributed by atoms with Crippen molar-refractivity contribution in [2.75, 3.05) is 26.4 Å². The Morgan fingerprint density at radius 3 is 2.20 bits per heavy atom. The van der Waals surface area contributed by atoms with Crippen molar-refractivity contribution in [3.8, 4) is 11.5 Å². The molecule has 0 aliphatic heterocycles. The van der Waals surface area contributed by atoms with Crippen LogP contribution in [0.25, 0.3) is 10.9 Å². The summed E-state index contributed by atoms with van der Waals surface area (Å²) >= 11 is 0. The number of hydrogen-bond donors (Lipinski definition) is 1. The zero-order valence-electron chi connectivity index (χ0n) is 29.1. The average Bonchev–Trinajstić information content (AvgIpc) is 3.42. The second kappa shape index (κ2) is 17.3. The first-order valence-electron chi connectivity index (χ1n) is 16.5. The molecular weight excluding hydrogens is 643 g/mol. The van der Waals surface area contributed by atoms with Crippen molar-refractivity contribution in [3.63, 3.8) is 0 Å². The van der Waals surface area contributed by atoms with E-state index in [9.17, 15) is 27.6 Å². The second-order valence-corrected chi connectivity index (χ2v) is 12.9. The Morgan fingerprint density at radius 1 is 0.959 bits per heavy atom. The third-order valence-electron chi connectivity index (χ3n) is 7.81. The molecule has 0 fully saturated rings. The fourth-order valence-electron chi connectivity index (χ4n) is 5.42. The van der Waals surface area contributed by atoms with Crippen LogP contribution in [0.3, 0.4) is 0 Å². The summed E-state index contributed by atoms with van der Waals surface area (Å²) in [4.78, 5) is 39.7. The molecule has 0 aliphatic carbocycles. The van der Waals surface area contributed by atoms with E-state index in [4.69, 9.17) is 24.7 Å². The van der Waals surface area contributed by atoms with Gasteiger partial charge < -0.3 is 34.1 Å². The molecule has 270 valence electrons. The normalized spacial score (nSPS) is 12.5. The molecule has 2 aromatic carbocycles. The maximum atomic E-state index is 13.3. The predicted molar refractivity (Wildman–Crippen MR) is 180 cm³/mol. The number of hydrogen-bond acceptors (Lipinski definition) is 7. The van der Waals surface area contributed by atoms with E-state index in [0.29, 0.717) is 30.5 Å². The number of carbonyl (C=O) groups excluding carboxylic acids is 3. The zero-order chi connectivity index (χ0) is 36.4. The predicted octanol–water partition coefficient (Wildman–Crippen LogP) is 7.30. The van der Waals surface area contributed by atoms with Crippen LogP contribution in [-0.2, 0) is 27.2 Å². The van der Waals surface area contributed by atoms with Gasteiger partial charge in [0.05, 0.1) is 30.1 Å². The molecule has 0 bridgehead atoms. The molecule has 2 N–H and O–H groups in total. The molecule has 1 unspecified atom stereocenters. The SMILES string of the molecule is CCC(CC)C(=O)OCCCn1ccc2cc(CC(C)N(CCOc3ccccc3OCC(F)(F)F)C(=O)OC(C)(C)C)cc(C(N)=O)c21. The van der Waals surface area contributed by atoms with Crippen molar-refractivity contribution in [1.82, 2.24) is 9.47 Å². The van der Waals surface area contributed by atoms with Crippen molar-refractivity contribution < 1.29 is 46.5 Å². The van der Waals surface area contributed by atoms with Gasteiger partial charge in [-0.15, -0.1) is 0 Å². The van der Waals surface area contributed by atoms with Gasteiger partial charge in [-0.05, 0) is 89.3 Å². The molecule has 2 amide bonds. The van der Waals surface area contributed by atoms with E-state index in [1.807, 2.05) is 43.7 Å². The fraction of sp³-hybridized carbons (Fsp3) is 0.528. The Balaban J connectivity index is 1.76. The number of carbonyl (C=O) groups is 3. The highest BCUT2D eigenvalue weighted by Gasteiger charge is 2.30. The number of nitrogens with two attached hydrogens (primary N) is 1. The van der Waals surface area contributed by atoms with Gasteiger partial charge >= 0.3 is 18.2 Å². The van der Waals surface area contributed by atoms with E-state index in [1.165, 1.54) is 23.1 Å². The summed E-state index contributed by atoms with van der Waals surface area (Å²) in [6, 6.07) is 11.1. The number of nitrogens with zero attached hydrogens (tertiary/aromatic N) is 2. The van der Waals surface area contributed by atoms with Crippen LogP contribution in [0, 0.1) is 5.92 Å². The Bertz CT molecular complexity index is 1560. The number of aromatic nitrogens is 1. The maximum Gasteiger partial charge on any atom is 0.422 e. The lowest BCUT2D eigenvalue weighted by Gasteiger charge is -2.32. The van der Waals surface area contributed by atoms with Crippen LogP contribution in [0.5, 0.6) is 11.5 Å². The Kier molecular flexibility index (Phi) is 13.8. The molecule has 0 saturated carbocycles. The molecule has 10 nitrogen and oxygen atoms in total. The number of ether oxygens (including phenoxy) is 4. The third-order valence-corrected chi connectivity index (χ3v) is 7.81. The van der Waals surface area contributed by atoms with Crippen molar-refractivity contribution in [2.24, 2.45) is 11.7 Å². The van der Waals surface area contributed by atoms with Gasteiger partial charge in [-0.2, -0.15) is 13.2 Å². The number of amides is 2. The monoisotopic (exact) mass is 691 g/mol. The van der Waals surface area contributed by atoms with Gasteiger partial charge in [0.1, 0.15) is 12.2 Å². The summed E-state index contributed by atoms with van der Waals surface area (Å²) in [6.45, 7) is 10.2. The van der Waals surface area contributed by atoms with Gasteiger partial charge in [0.15, 0.2) is 18.1 Å². The van der Waals surface area contributed by atoms with E-state index in [0.717, 1.165) is 23.8 Å². The van der Waals surface area contributed by atoms with Crippen LogP contribution in [0.2, 0.25) is 0 Å². The van der Waals surface area contributed by atoms with Crippen LogP contribution in [0.15, 0.2) is 48.7 Å². The summed E-state index contributed by atoms with van der Waals surface area (Å²) in [6.07, 6.45) is -0.926. The standard InChI is InChI=1S/C36H48F3N3O7/c1-7-26(8-2)33(44)47-18-11-15-41-16-14-27-21-25(22-28(31(27)41)32(40)43)20-24(3)42(34(45)49-35(4,5)6)17-19-46-29-12-9-10-13-30(29)48-23-36(37,38)39/h9-10,12-14,16,21-22,24,26H,7-8,11,15,17-20,23H2,1-6H3,(H2,40,43). The number of fused-ring (bicyclic) bond motifs is 1. The highest BCUT2D eigenvalue weighted by atomic mass is 19.4. The number of esters is 1. The van der Waals surface area contributed by atoms with Crippen molar-refractivity contribution in [3.05, 3.63) is 59.8 Å². The van der Waals surface area contributed by atoms with Gasteiger partial charge in [0.2, 0.25) is 0 Å². The summed E-state index contributed by atoms with van der Waals surface area (Å²) in [5.41, 5.74) is 6.78. The lowest BCUT2D eigenvalue weighted by atomic mass is 10.00. The van der Waals surface area contributed by atoms with Crippen LogP contribution in [0.4, 0.5) is 18.0 Å². The number of halogens is 3. The van der Waals surface area contributed by atoms with Crippen LogP contribution in [-0.4, -0.2) is 71.6 Å². The number of para-hydroxylation sites is 2. The lowest BCUT2D eigenvalue weighted by molar-refractivity contribution is -0.153. The van der Waals surface area contributed by atoms with Gasteiger partial charge in [-0.3, -0.25) is 9.59 Å². The minimum absolute atomic E-state index is 0.0484. The Labute approximate surface area is 285 Å². The molecule has 1 atom stereocenters. The number of primary amides is 1. The molecule has 1 heterocycles. The quantitative estimate of drug-likeness (QED) is 0.116. The molecule has 3 rings (SSSR count). The molecular formula is C36H48F3N3O7. The Morgan fingerprint density at radius 2 is 1.61 bits per heavy atom. The molecule has 0 radical (unpaired) electrons. The van der Waals surface area contributed by atoms with Crippen LogP contribution in [0.1, 0.15) is 76.7 Å². The first-order valence-corrected chi connectivity index (χ1v) is 16.5.